The Hall–Kier alpha value is -1.51. The number of benzene rings is 1. The molecule has 2 aromatic heterocycles. The van der Waals surface area contributed by atoms with Gasteiger partial charge in [0.15, 0.2) is 8.29 Å². The molecule has 0 N–H and O–H groups in total. The van der Waals surface area contributed by atoms with Gasteiger partial charge in [0.1, 0.15) is 11.6 Å². The lowest BCUT2D eigenvalue weighted by atomic mass is 10.2. The van der Waals surface area contributed by atoms with Crippen molar-refractivity contribution in [1.82, 2.24) is 14.9 Å². The van der Waals surface area contributed by atoms with E-state index in [2.05, 4.69) is 10.3 Å². The van der Waals surface area contributed by atoms with Crippen LogP contribution < -0.4 is 0 Å². The molecule has 0 spiro atoms. The molecule has 22 heavy (non-hydrogen) atoms. The molecule has 8 heteroatoms. The molecule has 114 valence electrons. The lowest BCUT2D eigenvalue weighted by molar-refractivity contribution is 0.392. The lowest BCUT2D eigenvalue weighted by Crippen LogP contribution is -1.96. The second-order valence-electron chi connectivity index (χ2n) is 4.61. The van der Waals surface area contributed by atoms with E-state index in [9.17, 15) is 4.39 Å². The molecule has 0 radical (unpaired) electrons. The van der Waals surface area contributed by atoms with Gasteiger partial charge in [0.05, 0.1) is 11.4 Å². The molecule has 0 atom stereocenters. The number of nitrogens with zero attached hydrogens (tertiary/aromatic N) is 3. The van der Waals surface area contributed by atoms with Crippen LogP contribution in [0.3, 0.4) is 0 Å². The van der Waals surface area contributed by atoms with E-state index < -0.39 is 0 Å². The third-order valence-corrected chi connectivity index (χ3v) is 5.51. The van der Waals surface area contributed by atoms with Crippen LogP contribution in [0.25, 0.3) is 5.69 Å². The van der Waals surface area contributed by atoms with Crippen molar-refractivity contribution in [2.24, 2.45) is 0 Å². The fraction of sp³-hybridized carbons (Fsp3) is 0.214. The molecule has 1 aromatic carbocycles. The zero-order chi connectivity index (χ0) is 15.7. The second-order valence-corrected chi connectivity index (χ2v) is 7.46. The molecule has 0 fully saturated rings. The first-order valence-corrected chi connectivity index (χ1v) is 8.66. The van der Waals surface area contributed by atoms with E-state index in [0.29, 0.717) is 3.95 Å². The average Bonchev–Trinajstić information content (AvgIpc) is 3.01. The van der Waals surface area contributed by atoms with Crippen LogP contribution >= 0.6 is 35.3 Å². The van der Waals surface area contributed by atoms with Crippen molar-refractivity contribution in [2.75, 3.05) is 0 Å². The minimum atomic E-state index is -0.279. The first-order valence-electron chi connectivity index (χ1n) is 6.45. The smallest absolute Gasteiger partial charge is 0.184 e. The van der Waals surface area contributed by atoms with E-state index in [4.69, 9.17) is 16.7 Å². The van der Waals surface area contributed by atoms with Crippen LogP contribution in [0.4, 0.5) is 4.39 Å². The molecule has 3 aromatic rings. The molecule has 0 bridgehead atoms. The van der Waals surface area contributed by atoms with Gasteiger partial charge in [-0.15, -0.1) is 5.10 Å². The molecule has 0 aliphatic heterocycles. The highest BCUT2D eigenvalue weighted by Gasteiger charge is 2.12. The highest BCUT2D eigenvalue weighted by atomic mass is 32.2. The van der Waals surface area contributed by atoms with Crippen LogP contribution in [-0.4, -0.2) is 14.9 Å². The summed E-state index contributed by atoms with van der Waals surface area (Å²) in [5, 5.41) is 8.43. The number of thioether (sulfide) groups is 1. The first-order chi connectivity index (χ1) is 10.5. The van der Waals surface area contributed by atoms with Crippen molar-refractivity contribution in [3.05, 3.63) is 51.1 Å². The summed E-state index contributed by atoms with van der Waals surface area (Å²) in [6.07, 6.45) is 0. The van der Waals surface area contributed by atoms with E-state index in [1.54, 1.807) is 28.6 Å². The van der Waals surface area contributed by atoms with Gasteiger partial charge in [-0.3, -0.25) is 0 Å². The van der Waals surface area contributed by atoms with Gasteiger partial charge in [-0.25, -0.2) is 9.07 Å². The number of aromatic nitrogens is 3. The van der Waals surface area contributed by atoms with Gasteiger partial charge in [-0.2, -0.15) is 0 Å². The van der Waals surface area contributed by atoms with E-state index in [-0.39, 0.29) is 5.82 Å². The normalized spacial score (nSPS) is 11.0. The molecule has 0 aliphatic rings. The highest BCUT2D eigenvalue weighted by Crippen LogP contribution is 2.29. The zero-order valence-corrected chi connectivity index (χ0v) is 14.3. The molecule has 0 unspecified atom stereocenters. The van der Waals surface area contributed by atoms with Crippen molar-refractivity contribution in [3.8, 4) is 5.69 Å². The van der Waals surface area contributed by atoms with Gasteiger partial charge in [-0.1, -0.05) is 28.3 Å². The molecular formula is C14H12FN3OS3. The Morgan fingerprint density at radius 2 is 2.05 bits per heavy atom. The van der Waals surface area contributed by atoms with Crippen LogP contribution in [0.1, 0.15) is 17.0 Å². The summed E-state index contributed by atoms with van der Waals surface area (Å²) < 4.78 is 21.3. The third-order valence-electron chi connectivity index (χ3n) is 3.12. The van der Waals surface area contributed by atoms with Crippen LogP contribution in [0, 0.1) is 23.6 Å². The van der Waals surface area contributed by atoms with E-state index in [1.807, 2.05) is 13.8 Å². The maximum atomic E-state index is 13.0. The first kappa shape index (κ1) is 15.4. The molecule has 2 heterocycles. The predicted octanol–water partition coefficient (Wildman–Crippen LogP) is 4.70. The molecule has 0 saturated heterocycles. The Balaban J connectivity index is 1.81. The summed E-state index contributed by atoms with van der Waals surface area (Å²) in [6, 6.07) is 6.11. The number of halogens is 1. The van der Waals surface area contributed by atoms with E-state index in [0.717, 1.165) is 32.8 Å². The van der Waals surface area contributed by atoms with Gasteiger partial charge >= 0.3 is 0 Å². The van der Waals surface area contributed by atoms with Crippen molar-refractivity contribution in [1.29, 1.82) is 0 Å². The van der Waals surface area contributed by atoms with Crippen molar-refractivity contribution >= 4 is 35.3 Å². The minimum Gasteiger partial charge on any atom is -0.361 e. The lowest BCUT2D eigenvalue weighted by Gasteiger charge is -2.00. The summed E-state index contributed by atoms with van der Waals surface area (Å²) in [4.78, 5) is 0. The predicted molar refractivity (Wildman–Crippen MR) is 87.8 cm³/mol. The van der Waals surface area contributed by atoms with Crippen molar-refractivity contribution in [3.63, 3.8) is 0 Å². The molecule has 4 nitrogen and oxygen atoms in total. The van der Waals surface area contributed by atoms with Crippen LogP contribution in [0.5, 0.6) is 0 Å². The molecule has 0 aliphatic carbocycles. The van der Waals surface area contributed by atoms with Crippen molar-refractivity contribution in [2.45, 2.75) is 23.9 Å². The van der Waals surface area contributed by atoms with Gasteiger partial charge in [0, 0.05) is 11.3 Å². The number of hydrogen-bond donors (Lipinski definition) is 0. The Bertz CT molecular complexity index is 832. The third kappa shape index (κ3) is 3.13. The van der Waals surface area contributed by atoms with Gasteiger partial charge < -0.3 is 4.52 Å². The standard InChI is InChI=1S/C14H12FN3OS3/c1-8-12(9(2)19-17-8)7-21-13-16-18(14(20)22-13)11-5-3-10(15)4-6-11/h3-6H,7H2,1-2H3. The van der Waals surface area contributed by atoms with Crippen LogP contribution in [0.15, 0.2) is 33.1 Å². The summed E-state index contributed by atoms with van der Waals surface area (Å²) in [5.74, 6) is 1.28. The van der Waals surface area contributed by atoms with E-state index in [1.165, 1.54) is 23.5 Å². The molecule has 0 saturated carbocycles. The van der Waals surface area contributed by atoms with Gasteiger partial charge in [0.25, 0.3) is 0 Å². The Morgan fingerprint density at radius 1 is 1.32 bits per heavy atom. The Labute approximate surface area is 140 Å². The fourth-order valence-electron chi connectivity index (χ4n) is 1.91. The van der Waals surface area contributed by atoms with Crippen LogP contribution in [0.2, 0.25) is 0 Å². The molecular weight excluding hydrogens is 341 g/mol. The second kappa shape index (κ2) is 6.31. The summed E-state index contributed by atoms with van der Waals surface area (Å²) in [6.45, 7) is 3.82. The summed E-state index contributed by atoms with van der Waals surface area (Å²) in [7, 11) is 0. The topological polar surface area (TPSA) is 43.9 Å². The average molecular weight is 353 g/mol. The Kier molecular flexibility index (Phi) is 4.42. The largest absolute Gasteiger partial charge is 0.361 e. The number of rotatable bonds is 4. The summed E-state index contributed by atoms with van der Waals surface area (Å²) in [5.41, 5.74) is 2.73. The SMILES string of the molecule is Cc1noc(C)c1CSc1nn(-c2ccc(F)cc2)c(=S)s1. The maximum absolute atomic E-state index is 13.0. The van der Waals surface area contributed by atoms with Crippen molar-refractivity contribution < 1.29 is 8.91 Å². The zero-order valence-electron chi connectivity index (χ0n) is 11.9. The summed E-state index contributed by atoms with van der Waals surface area (Å²) >= 11 is 8.35. The maximum Gasteiger partial charge on any atom is 0.184 e. The molecule has 0 amide bonds. The van der Waals surface area contributed by atoms with Gasteiger partial charge in [-0.05, 0) is 50.3 Å². The van der Waals surface area contributed by atoms with E-state index >= 15 is 0 Å². The number of hydrogen-bond acceptors (Lipinski definition) is 6. The quantitative estimate of drug-likeness (QED) is 0.502. The number of aryl methyl sites for hydroxylation is 2. The van der Waals surface area contributed by atoms with Crippen LogP contribution in [-0.2, 0) is 5.75 Å². The monoisotopic (exact) mass is 353 g/mol. The highest BCUT2D eigenvalue weighted by molar-refractivity contribution is 8.00. The van der Waals surface area contributed by atoms with Gasteiger partial charge in [0.2, 0.25) is 0 Å². The minimum absolute atomic E-state index is 0.279. The Morgan fingerprint density at radius 3 is 2.68 bits per heavy atom. The fourth-order valence-corrected chi connectivity index (χ4v) is 4.42. The molecule has 3 rings (SSSR count).